The third-order valence-corrected chi connectivity index (χ3v) is 5.37. The highest BCUT2D eigenvalue weighted by Crippen LogP contribution is 2.22. The molecule has 0 unspecified atom stereocenters. The van der Waals surface area contributed by atoms with Crippen LogP contribution in [-0.4, -0.2) is 20.3 Å². The summed E-state index contributed by atoms with van der Waals surface area (Å²) in [6.07, 6.45) is 6.27. The number of rotatable bonds is 8. The number of imidazole rings is 1. The van der Waals surface area contributed by atoms with Gasteiger partial charge in [-0.3, -0.25) is 4.79 Å². The molecule has 170 valence electrons. The Bertz CT molecular complexity index is 1390. The minimum Gasteiger partial charge on any atom is -0.487 e. The molecule has 3 heterocycles. The van der Waals surface area contributed by atoms with E-state index >= 15 is 0 Å². The van der Waals surface area contributed by atoms with Crippen molar-refractivity contribution in [1.82, 2.24) is 14.4 Å². The van der Waals surface area contributed by atoms with Crippen molar-refractivity contribution in [2.75, 3.05) is 5.32 Å². The summed E-state index contributed by atoms with van der Waals surface area (Å²) in [5, 5.41) is 2.91. The number of carbonyl (C=O) groups is 1. The number of oxazole rings is 1. The largest absolute Gasteiger partial charge is 0.487 e. The van der Waals surface area contributed by atoms with E-state index in [1.165, 1.54) is 5.56 Å². The van der Waals surface area contributed by atoms with E-state index in [1.807, 2.05) is 84.4 Å². The average molecular weight is 453 g/mol. The summed E-state index contributed by atoms with van der Waals surface area (Å²) in [5.74, 6) is 1.78. The van der Waals surface area contributed by atoms with Crippen LogP contribution in [0.5, 0.6) is 5.75 Å². The first-order valence-electron chi connectivity index (χ1n) is 11.1. The Kier molecular flexibility index (Phi) is 6.07. The van der Waals surface area contributed by atoms with Gasteiger partial charge in [0.15, 0.2) is 11.7 Å². The van der Waals surface area contributed by atoms with E-state index in [0.29, 0.717) is 36.1 Å². The molecule has 0 fully saturated rings. The molecule has 1 N–H and O–H groups in total. The van der Waals surface area contributed by atoms with Gasteiger partial charge in [-0.2, -0.15) is 0 Å². The highest BCUT2D eigenvalue weighted by molar-refractivity contribution is 5.90. The normalized spacial score (nSPS) is 11.0. The molecule has 5 aromatic rings. The molecular weight excluding hydrogens is 428 g/mol. The molecule has 2 aromatic carbocycles. The zero-order valence-corrected chi connectivity index (χ0v) is 18.8. The molecule has 0 aliphatic heterocycles. The van der Waals surface area contributed by atoms with Crippen molar-refractivity contribution < 1.29 is 13.9 Å². The number of pyridine rings is 1. The van der Waals surface area contributed by atoms with Gasteiger partial charge >= 0.3 is 0 Å². The van der Waals surface area contributed by atoms with Crippen LogP contribution in [-0.2, 0) is 17.8 Å². The van der Waals surface area contributed by atoms with Crippen LogP contribution in [0.1, 0.15) is 23.6 Å². The smallest absolute Gasteiger partial charge is 0.224 e. The van der Waals surface area contributed by atoms with Crippen molar-refractivity contribution >= 4 is 17.2 Å². The highest BCUT2D eigenvalue weighted by atomic mass is 16.5. The number of amides is 1. The first kappa shape index (κ1) is 21.5. The van der Waals surface area contributed by atoms with Crippen LogP contribution in [0.25, 0.3) is 17.0 Å². The van der Waals surface area contributed by atoms with Crippen LogP contribution in [0.3, 0.4) is 0 Å². The summed E-state index contributed by atoms with van der Waals surface area (Å²) in [5.41, 5.74) is 4.53. The monoisotopic (exact) mass is 452 g/mol. The Morgan fingerprint density at radius 3 is 2.82 bits per heavy atom. The van der Waals surface area contributed by atoms with Crippen LogP contribution in [0.15, 0.2) is 89.7 Å². The molecule has 0 radical (unpaired) electrons. The first-order valence-corrected chi connectivity index (χ1v) is 11.1. The summed E-state index contributed by atoms with van der Waals surface area (Å²) in [4.78, 5) is 21.3. The molecule has 7 nitrogen and oxygen atoms in total. The SMILES string of the molecule is Cc1ccc(-c2cnc(CCC(=O)Nc3cccc(OCc4cn5ccccc5n4)c3)o2)cc1. The number of carbonyl (C=O) groups excluding carboxylic acids is 1. The molecule has 0 aliphatic rings. The van der Waals surface area contributed by atoms with E-state index in [-0.39, 0.29) is 12.3 Å². The minimum atomic E-state index is -0.118. The molecule has 0 atom stereocenters. The number of ether oxygens (including phenoxy) is 1. The van der Waals surface area contributed by atoms with Gasteiger partial charge in [-0.05, 0) is 31.2 Å². The number of benzene rings is 2. The molecular formula is C27H24N4O3. The second kappa shape index (κ2) is 9.62. The zero-order chi connectivity index (χ0) is 23.3. The Balaban J connectivity index is 1.14. The van der Waals surface area contributed by atoms with Crippen molar-refractivity contribution in [1.29, 1.82) is 0 Å². The van der Waals surface area contributed by atoms with E-state index in [4.69, 9.17) is 9.15 Å². The standard InChI is InChI=1S/C27H24N4O3/c1-19-8-10-20(11-9-19)24-16-28-27(34-24)13-12-26(32)30-21-5-4-6-23(15-21)33-18-22-17-31-14-3-2-7-25(31)29-22/h2-11,14-17H,12-13,18H2,1H3,(H,30,32). The van der Waals surface area contributed by atoms with Gasteiger partial charge < -0.3 is 18.9 Å². The predicted octanol–water partition coefficient (Wildman–Crippen LogP) is 5.45. The number of hydrogen-bond acceptors (Lipinski definition) is 5. The summed E-state index contributed by atoms with van der Waals surface area (Å²) in [7, 11) is 0. The van der Waals surface area contributed by atoms with Crippen LogP contribution in [0, 0.1) is 6.92 Å². The zero-order valence-electron chi connectivity index (χ0n) is 18.8. The summed E-state index contributed by atoms with van der Waals surface area (Å²) < 4.78 is 13.6. The van der Waals surface area contributed by atoms with Gasteiger partial charge in [-0.1, -0.05) is 42.0 Å². The second-order valence-corrected chi connectivity index (χ2v) is 8.05. The van der Waals surface area contributed by atoms with Crippen molar-refractivity contribution in [3.05, 3.63) is 102 Å². The lowest BCUT2D eigenvalue weighted by atomic mass is 10.1. The molecule has 0 saturated carbocycles. The van der Waals surface area contributed by atoms with Gasteiger partial charge in [-0.15, -0.1) is 0 Å². The highest BCUT2D eigenvalue weighted by Gasteiger charge is 2.10. The number of aromatic nitrogens is 3. The number of nitrogens with zero attached hydrogens (tertiary/aromatic N) is 3. The topological polar surface area (TPSA) is 81.7 Å². The maximum absolute atomic E-state index is 12.5. The van der Waals surface area contributed by atoms with Crippen molar-refractivity contribution in [2.24, 2.45) is 0 Å². The number of aryl methyl sites for hydroxylation is 2. The lowest BCUT2D eigenvalue weighted by Crippen LogP contribution is -2.12. The second-order valence-electron chi connectivity index (χ2n) is 8.05. The van der Waals surface area contributed by atoms with E-state index in [0.717, 1.165) is 16.9 Å². The number of fused-ring (bicyclic) bond motifs is 1. The predicted molar refractivity (Wildman–Crippen MR) is 130 cm³/mol. The Morgan fingerprint density at radius 2 is 1.97 bits per heavy atom. The Labute approximate surface area is 197 Å². The van der Waals surface area contributed by atoms with Crippen molar-refractivity contribution in [3.63, 3.8) is 0 Å². The van der Waals surface area contributed by atoms with E-state index in [1.54, 1.807) is 12.3 Å². The van der Waals surface area contributed by atoms with Gasteiger partial charge in [0.2, 0.25) is 5.91 Å². The lowest BCUT2D eigenvalue weighted by molar-refractivity contribution is -0.116. The Hall–Kier alpha value is -4.39. The van der Waals surface area contributed by atoms with Crippen LogP contribution < -0.4 is 10.1 Å². The van der Waals surface area contributed by atoms with Gasteiger partial charge in [0.1, 0.15) is 18.0 Å². The third-order valence-electron chi connectivity index (χ3n) is 5.37. The van der Waals surface area contributed by atoms with Crippen molar-refractivity contribution in [3.8, 4) is 17.1 Å². The summed E-state index contributed by atoms with van der Waals surface area (Å²) in [6.45, 7) is 2.38. The Morgan fingerprint density at radius 1 is 1.09 bits per heavy atom. The molecule has 0 aliphatic carbocycles. The van der Waals surface area contributed by atoms with Crippen LogP contribution in [0.4, 0.5) is 5.69 Å². The fourth-order valence-corrected chi connectivity index (χ4v) is 3.60. The van der Waals surface area contributed by atoms with Crippen LogP contribution >= 0.6 is 0 Å². The molecule has 1 amide bonds. The molecule has 0 spiro atoms. The first-order chi connectivity index (χ1) is 16.6. The summed E-state index contributed by atoms with van der Waals surface area (Å²) in [6, 6.07) is 21.2. The molecule has 5 rings (SSSR count). The fraction of sp³-hybridized carbons (Fsp3) is 0.148. The number of nitrogens with one attached hydrogen (secondary N) is 1. The lowest BCUT2D eigenvalue weighted by Gasteiger charge is -2.08. The molecule has 7 heteroatoms. The molecule has 0 bridgehead atoms. The maximum atomic E-state index is 12.5. The van der Waals surface area contributed by atoms with Gasteiger partial charge in [0, 0.05) is 42.6 Å². The quantitative estimate of drug-likeness (QED) is 0.339. The van der Waals surface area contributed by atoms with Gasteiger partial charge in [0.25, 0.3) is 0 Å². The minimum absolute atomic E-state index is 0.118. The van der Waals surface area contributed by atoms with E-state index < -0.39 is 0 Å². The number of hydrogen-bond donors (Lipinski definition) is 1. The fourth-order valence-electron chi connectivity index (χ4n) is 3.60. The van der Waals surface area contributed by atoms with Crippen molar-refractivity contribution in [2.45, 2.75) is 26.4 Å². The average Bonchev–Trinajstić information content (AvgIpc) is 3.49. The molecule has 0 saturated heterocycles. The van der Waals surface area contributed by atoms with Gasteiger partial charge in [0.05, 0.1) is 11.9 Å². The maximum Gasteiger partial charge on any atom is 0.224 e. The van der Waals surface area contributed by atoms with Crippen LogP contribution in [0.2, 0.25) is 0 Å². The summed E-state index contributed by atoms with van der Waals surface area (Å²) >= 11 is 0. The number of anilines is 1. The molecule has 3 aromatic heterocycles. The van der Waals surface area contributed by atoms with Gasteiger partial charge in [-0.25, -0.2) is 9.97 Å². The van der Waals surface area contributed by atoms with E-state index in [2.05, 4.69) is 15.3 Å². The third kappa shape index (κ3) is 5.15. The van der Waals surface area contributed by atoms with E-state index in [9.17, 15) is 4.79 Å². The molecule has 34 heavy (non-hydrogen) atoms.